The molecule has 2 heteroatoms. The molecule has 1 aromatic rings. The van der Waals surface area contributed by atoms with Gasteiger partial charge in [-0.1, -0.05) is 49.8 Å². The number of carbonyl (C=O) groups is 1. The van der Waals surface area contributed by atoms with Gasteiger partial charge in [0.1, 0.15) is 0 Å². The molecule has 0 aliphatic heterocycles. The van der Waals surface area contributed by atoms with Crippen LogP contribution in [0.2, 0.25) is 0 Å². The summed E-state index contributed by atoms with van der Waals surface area (Å²) in [6, 6.07) is 9.85. The SMILES string of the molecule is CC1(C)CC2=C(c3ccccc3)C(=O)C[C@H]2[C@H]1O. The fraction of sp³-hybridized carbons (Fsp3) is 0.438. The zero-order valence-corrected chi connectivity index (χ0v) is 10.8. The van der Waals surface area contributed by atoms with Gasteiger partial charge in [0.15, 0.2) is 5.78 Å². The molecule has 0 spiro atoms. The second-order valence-electron chi connectivity index (χ2n) is 6.11. The van der Waals surface area contributed by atoms with E-state index in [4.69, 9.17) is 0 Å². The molecule has 2 aliphatic carbocycles. The van der Waals surface area contributed by atoms with Gasteiger partial charge in [0.05, 0.1) is 6.10 Å². The molecule has 1 fully saturated rings. The fourth-order valence-corrected chi connectivity index (χ4v) is 3.40. The summed E-state index contributed by atoms with van der Waals surface area (Å²) in [6.45, 7) is 4.16. The Hall–Kier alpha value is -1.41. The van der Waals surface area contributed by atoms with Crippen LogP contribution in [-0.4, -0.2) is 17.0 Å². The highest BCUT2D eigenvalue weighted by Gasteiger charge is 2.49. The maximum absolute atomic E-state index is 12.2. The third-order valence-electron chi connectivity index (χ3n) is 4.34. The monoisotopic (exact) mass is 242 g/mol. The number of Topliss-reactive ketones (excluding diaryl/α,β-unsaturated/α-hetero) is 1. The van der Waals surface area contributed by atoms with Crippen LogP contribution in [0, 0.1) is 11.3 Å². The summed E-state index contributed by atoms with van der Waals surface area (Å²) in [5.41, 5.74) is 2.93. The van der Waals surface area contributed by atoms with Crippen molar-refractivity contribution < 1.29 is 9.90 Å². The Morgan fingerprint density at radius 3 is 2.56 bits per heavy atom. The van der Waals surface area contributed by atoms with Crippen molar-refractivity contribution in [3.63, 3.8) is 0 Å². The van der Waals surface area contributed by atoms with Crippen molar-refractivity contribution in [1.82, 2.24) is 0 Å². The first-order chi connectivity index (χ1) is 8.50. The fourth-order valence-electron chi connectivity index (χ4n) is 3.40. The van der Waals surface area contributed by atoms with Crippen molar-refractivity contribution in [2.75, 3.05) is 0 Å². The minimum absolute atomic E-state index is 0.0442. The minimum atomic E-state index is -0.391. The quantitative estimate of drug-likeness (QED) is 0.822. The Balaban J connectivity index is 2.11. The van der Waals surface area contributed by atoms with Crippen molar-refractivity contribution in [2.24, 2.45) is 11.3 Å². The maximum atomic E-state index is 12.2. The van der Waals surface area contributed by atoms with E-state index < -0.39 is 6.10 Å². The summed E-state index contributed by atoms with van der Waals surface area (Å²) in [6.07, 6.45) is 0.913. The molecule has 0 radical (unpaired) electrons. The predicted molar refractivity (Wildman–Crippen MR) is 70.9 cm³/mol. The van der Waals surface area contributed by atoms with Crippen molar-refractivity contribution in [1.29, 1.82) is 0 Å². The smallest absolute Gasteiger partial charge is 0.164 e. The number of aliphatic hydroxyl groups excluding tert-OH is 1. The molecule has 1 aromatic carbocycles. The van der Waals surface area contributed by atoms with Crippen LogP contribution < -0.4 is 0 Å². The zero-order valence-electron chi connectivity index (χ0n) is 10.8. The molecule has 1 N–H and O–H groups in total. The van der Waals surface area contributed by atoms with E-state index in [1.165, 1.54) is 5.57 Å². The third-order valence-corrected chi connectivity index (χ3v) is 4.34. The first-order valence-electron chi connectivity index (χ1n) is 6.50. The summed E-state index contributed by atoms with van der Waals surface area (Å²) in [5.74, 6) is 0.235. The van der Waals surface area contributed by atoms with Crippen LogP contribution in [0.3, 0.4) is 0 Å². The van der Waals surface area contributed by atoms with E-state index in [-0.39, 0.29) is 17.1 Å². The highest BCUT2D eigenvalue weighted by molar-refractivity contribution is 6.24. The lowest BCUT2D eigenvalue weighted by molar-refractivity contribution is -0.114. The molecule has 94 valence electrons. The summed E-state index contributed by atoms with van der Waals surface area (Å²) in [5, 5.41) is 10.3. The lowest BCUT2D eigenvalue weighted by Gasteiger charge is -2.24. The summed E-state index contributed by atoms with van der Waals surface area (Å²) < 4.78 is 0. The number of ketones is 1. The first kappa shape index (κ1) is 11.7. The molecule has 0 aromatic heterocycles. The van der Waals surface area contributed by atoms with E-state index in [0.717, 1.165) is 17.6 Å². The highest BCUT2D eigenvalue weighted by Crippen LogP contribution is 2.53. The van der Waals surface area contributed by atoms with E-state index in [1.807, 2.05) is 30.3 Å². The standard InChI is InChI=1S/C16H18O2/c1-16(2)9-12-11(15(16)18)8-13(17)14(12)10-6-4-3-5-7-10/h3-7,11,15,18H,8-9H2,1-2H3/t11-,15-/m1/s1. The van der Waals surface area contributed by atoms with Crippen LogP contribution in [-0.2, 0) is 4.79 Å². The summed E-state index contributed by atoms with van der Waals surface area (Å²) >= 11 is 0. The molecular formula is C16H18O2. The second-order valence-corrected chi connectivity index (χ2v) is 6.11. The molecule has 0 amide bonds. The number of rotatable bonds is 1. The van der Waals surface area contributed by atoms with Crippen LogP contribution in [0.25, 0.3) is 5.57 Å². The van der Waals surface area contributed by atoms with Gasteiger partial charge in [-0.25, -0.2) is 0 Å². The number of benzene rings is 1. The molecule has 18 heavy (non-hydrogen) atoms. The number of hydrogen-bond acceptors (Lipinski definition) is 2. The van der Waals surface area contributed by atoms with Gasteiger partial charge >= 0.3 is 0 Å². The molecule has 2 atom stereocenters. The van der Waals surface area contributed by atoms with Gasteiger partial charge in [0.2, 0.25) is 0 Å². The third kappa shape index (κ3) is 1.56. The van der Waals surface area contributed by atoms with Gasteiger partial charge in [0, 0.05) is 17.9 Å². The van der Waals surface area contributed by atoms with E-state index in [1.54, 1.807) is 0 Å². The van der Waals surface area contributed by atoms with Crippen LogP contribution in [0.5, 0.6) is 0 Å². The number of aliphatic hydroxyl groups is 1. The predicted octanol–water partition coefficient (Wildman–Crippen LogP) is 2.82. The number of allylic oxidation sites excluding steroid dienone is 1. The van der Waals surface area contributed by atoms with Crippen molar-refractivity contribution in [3.8, 4) is 0 Å². The van der Waals surface area contributed by atoms with Gasteiger partial charge in [-0.05, 0) is 17.4 Å². The van der Waals surface area contributed by atoms with Gasteiger partial charge in [-0.3, -0.25) is 4.79 Å². The van der Waals surface area contributed by atoms with Gasteiger partial charge in [-0.15, -0.1) is 0 Å². The number of hydrogen-bond donors (Lipinski definition) is 1. The Morgan fingerprint density at radius 1 is 1.22 bits per heavy atom. The highest BCUT2D eigenvalue weighted by atomic mass is 16.3. The Morgan fingerprint density at radius 2 is 1.89 bits per heavy atom. The van der Waals surface area contributed by atoms with Crippen molar-refractivity contribution in [2.45, 2.75) is 32.8 Å². The summed E-state index contributed by atoms with van der Waals surface area (Å²) in [7, 11) is 0. The number of carbonyl (C=O) groups excluding carboxylic acids is 1. The topological polar surface area (TPSA) is 37.3 Å². The molecule has 2 aliphatic rings. The van der Waals surface area contributed by atoms with E-state index in [9.17, 15) is 9.90 Å². The largest absolute Gasteiger partial charge is 0.392 e. The molecule has 0 bridgehead atoms. The van der Waals surface area contributed by atoms with Gasteiger partial charge in [0.25, 0.3) is 0 Å². The van der Waals surface area contributed by atoms with Gasteiger partial charge < -0.3 is 5.11 Å². The molecular weight excluding hydrogens is 224 g/mol. The van der Waals surface area contributed by atoms with Crippen LogP contribution in [0.15, 0.2) is 35.9 Å². The molecule has 0 heterocycles. The van der Waals surface area contributed by atoms with Crippen LogP contribution in [0.1, 0.15) is 32.3 Å². The van der Waals surface area contributed by atoms with Crippen LogP contribution >= 0.6 is 0 Å². The molecule has 0 unspecified atom stereocenters. The van der Waals surface area contributed by atoms with Crippen LogP contribution in [0.4, 0.5) is 0 Å². The van der Waals surface area contributed by atoms with E-state index in [0.29, 0.717) is 6.42 Å². The summed E-state index contributed by atoms with van der Waals surface area (Å²) in [4.78, 5) is 12.2. The molecule has 1 saturated carbocycles. The molecule has 0 saturated heterocycles. The van der Waals surface area contributed by atoms with E-state index in [2.05, 4.69) is 13.8 Å². The minimum Gasteiger partial charge on any atom is -0.392 e. The maximum Gasteiger partial charge on any atom is 0.164 e. The molecule has 3 rings (SSSR count). The molecule has 2 nitrogen and oxygen atoms in total. The average molecular weight is 242 g/mol. The lowest BCUT2D eigenvalue weighted by atomic mass is 9.85. The normalized spacial score (nSPS) is 29.8. The zero-order chi connectivity index (χ0) is 12.9. The Bertz CT molecular complexity index is 525. The van der Waals surface area contributed by atoms with Crippen molar-refractivity contribution >= 4 is 11.4 Å². The Kier molecular flexibility index (Phi) is 2.46. The van der Waals surface area contributed by atoms with E-state index >= 15 is 0 Å². The first-order valence-corrected chi connectivity index (χ1v) is 6.50. The number of fused-ring (bicyclic) bond motifs is 1. The van der Waals surface area contributed by atoms with Crippen molar-refractivity contribution in [3.05, 3.63) is 41.5 Å². The second kappa shape index (κ2) is 3.79. The average Bonchev–Trinajstić information content (AvgIpc) is 2.75. The van der Waals surface area contributed by atoms with Gasteiger partial charge in [-0.2, -0.15) is 0 Å². The lowest BCUT2D eigenvalue weighted by Crippen LogP contribution is -2.28. The Labute approximate surface area is 107 Å².